The van der Waals surface area contributed by atoms with Crippen molar-refractivity contribution in [1.82, 2.24) is 20.0 Å². The van der Waals surface area contributed by atoms with Crippen LogP contribution in [-0.4, -0.2) is 20.0 Å². The molecule has 0 radical (unpaired) electrons. The van der Waals surface area contributed by atoms with Crippen LogP contribution in [0, 0.1) is 0 Å². The highest BCUT2D eigenvalue weighted by atomic mass is 15.5. The number of pyridine rings is 1. The maximum atomic E-state index is 4.95. The fourth-order valence-corrected chi connectivity index (χ4v) is 5.65. The summed E-state index contributed by atoms with van der Waals surface area (Å²) in [4.78, 5) is 6.01. The Morgan fingerprint density at radius 1 is 0.463 bits per heavy atom. The van der Waals surface area contributed by atoms with Crippen molar-refractivity contribution >= 4 is 32.6 Å². The second-order valence-electron chi connectivity index (χ2n) is 10.3. The van der Waals surface area contributed by atoms with Gasteiger partial charge in [-0.3, -0.25) is 4.98 Å². The van der Waals surface area contributed by atoms with E-state index in [4.69, 9.17) is 10.2 Å². The highest BCUT2D eigenvalue weighted by Crippen LogP contribution is 2.35. The van der Waals surface area contributed by atoms with Crippen LogP contribution in [0.4, 0.5) is 0 Å². The van der Waals surface area contributed by atoms with Gasteiger partial charge in [0, 0.05) is 23.3 Å². The number of hydrogen-bond donors (Lipinski definition) is 0. The van der Waals surface area contributed by atoms with Crippen LogP contribution in [0.1, 0.15) is 0 Å². The standard InChI is InChI=1S/C37H24N4/c1-2-8-28-21-30(19-16-25(28)7-1)26-14-17-27(18-15-26)35-23-36-37(34-13-4-3-12-33(34)35)40-41(39-36)32-11-5-9-29(22-32)31-10-6-20-38-24-31/h1-24H. The Hall–Kier alpha value is -5.61. The second kappa shape index (κ2) is 9.54. The lowest BCUT2D eigenvalue weighted by Crippen LogP contribution is -1.98. The number of benzene rings is 6. The molecule has 8 aromatic rings. The highest BCUT2D eigenvalue weighted by molar-refractivity contribution is 6.11. The summed E-state index contributed by atoms with van der Waals surface area (Å²) in [5.74, 6) is 0. The minimum absolute atomic E-state index is 0.865. The van der Waals surface area contributed by atoms with E-state index in [1.165, 1.54) is 21.9 Å². The van der Waals surface area contributed by atoms with E-state index in [1.807, 2.05) is 24.4 Å². The van der Waals surface area contributed by atoms with Gasteiger partial charge >= 0.3 is 0 Å². The van der Waals surface area contributed by atoms with E-state index < -0.39 is 0 Å². The zero-order valence-corrected chi connectivity index (χ0v) is 22.1. The predicted octanol–water partition coefficient (Wildman–Crippen LogP) is 9.12. The molecule has 192 valence electrons. The van der Waals surface area contributed by atoms with Crippen molar-refractivity contribution in [3.63, 3.8) is 0 Å². The zero-order valence-electron chi connectivity index (χ0n) is 22.1. The number of hydrogen-bond acceptors (Lipinski definition) is 3. The molecular formula is C37H24N4. The van der Waals surface area contributed by atoms with Gasteiger partial charge in [0.05, 0.1) is 5.69 Å². The smallest absolute Gasteiger partial charge is 0.121 e. The minimum Gasteiger partial charge on any atom is -0.264 e. The summed E-state index contributed by atoms with van der Waals surface area (Å²) in [6.07, 6.45) is 3.66. The van der Waals surface area contributed by atoms with Crippen LogP contribution in [0.15, 0.2) is 146 Å². The lowest BCUT2D eigenvalue weighted by molar-refractivity contribution is 0.766. The van der Waals surface area contributed by atoms with E-state index in [0.717, 1.165) is 49.7 Å². The first-order valence-electron chi connectivity index (χ1n) is 13.7. The summed E-state index contributed by atoms with van der Waals surface area (Å²) in [6.45, 7) is 0. The van der Waals surface area contributed by atoms with Crippen molar-refractivity contribution in [2.24, 2.45) is 0 Å². The van der Waals surface area contributed by atoms with Gasteiger partial charge in [-0.25, -0.2) is 0 Å². The van der Waals surface area contributed by atoms with Crippen LogP contribution >= 0.6 is 0 Å². The molecule has 4 heteroatoms. The van der Waals surface area contributed by atoms with Crippen LogP contribution in [0.3, 0.4) is 0 Å². The molecule has 41 heavy (non-hydrogen) atoms. The molecule has 0 aliphatic heterocycles. The molecule has 4 nitrogen and oxygen atoms in total. The van der Waals surface area contributed by atoms with Crippen molar-refractivity contribution in [3.8, 4) is 39.1 Å². The van der Waals surface area contributed by atoms with E-state index in [2.05, 4.69) is 120 Å². The summed E-state index contributed by atoms with van der Waals surface area (Å²) >= 11 is 0. The molecule has 0 aliphatic carbocycles. The normalized spacial score (nSPS) is 11.4. The maximum Gasteiger partial charge on any atom is 0.121 e. The van der Waals surface area contributed by atoms with Gasteiger partial charge < -0.3 is 0 Å². The molecule has 0 atom stereocenters. The second-order valence-corrected chi connectivity index (χ2v) is 10.3. The Morgan fingerprint density at radius 3 is 2.05 bits per heavy atom. The molecule has 6 aromatic carbocycles. The topological polar surface area (TPSA) is 43.6 Å². The van der Waals surface area contributed by atoms with Gasteiger partial charge in [-0.2, -0.15) is 4.80 Å². The molecule has 2 heterocycles. The van der Waals surface area contributed by atoms with Gasteiger partial charge in [0.25, 0.3) is 0 Å². The third-order valence-corrected chi connectivity index (χ3v) is 7.74. The summed E-state index contributed by atoms with van der Waals surface area (Å²) in [5.41, 5.74) is 9.52. The van der Waals surface area contributed by atoms with Gasteiger partial charge in [0.15, 0.2) is 0 Å². The van der Waals surface area contributed by atoms with E-state index in [0.29, 0.717) is 0 Å². The molecule has 0 saturated carbocycles. The first kappa shape index (κ1) is 23.3. The fraction of sp³-hybridized carbons (Fsp3) is 0. The zero-order chi connectivity index (χ0) is 27.2. The number of nitrogens with zero attached hydrogens (tertiary/aromatic N) is 4. The molecule has 8 rings (SSSR count). The number of rotatable bonds is 4. The molecule has 0 amide bonds. The SMILES string of the molecule is c1cncc(-c2cccc(-n3nc4cc(-c5ccc(-c6ccc7ccccc7c6)cc5)c5ccccc5c4n3)c2)c1. The Kier molecular flexibility index (Phi) is 5.42. The number of aromatic nitrogens is 4. The first-order valence-corrected chi connectivity index (χ1v) is 13.7. The summed E-state index contributed by atoms with van der Waals surface area (Å²) in [6, 6.07) is 46.8. The van der Waals surface area contributed by atoms with Crippen LogP contribution in [0.5, 0.6) is 0 Å². The lowest BCUT2D eigenvalue weighted by Gasteiger charge is -2.09. The monoisotopic (exact) mass is 524 g/mol. The van der Waals surface area contributed by atoms with Crippen molar-refractivity contribution in [2.75, 3.05) is 0 Å². The molecule has 2 aromatic heterocycles. The fourth-order valence-electron chi connectivity index (χ4n) is 5.65. The van der Waals surface area contributed by atoms with Crippen molar-refractivity contribution < 1.29 is 0 Å². The average molecular weight is 525 g/mol. The van der Waals surface area contributed by atoms with E-state index in [-0.39, 0.29) is 0 Å². The number of fused-ring (bicyclic) bond motifs is 4. The largest absolute Gasteiger partial charge is 0.264 e. The quantitative estimate of drug-likeness (QED) is 0.231. The molecule has 0 spiro atoms. The third-order valence-electron chi connectivity index (χ3n) is 7.74. The van der Waals surface area contributed by atoms with Crippen LogP contribution in [-0.2, 0) is 0 Å². The molecule has 0 bridgehead atoms. The third kappa shape index (κ3) is 4.14. The Labute approximate surface area is 237 Å². The van der Waals surface area contributed by atoms with Crippen molar-refractivity contribution in [2.45, 2.75) is 0 Å². The molecule has 0 aliphatic rings. The minimum atomic E-state index is 0.865. The molecular weight excluding hydrogens is 500 g/mol. The van der Waals surface area contributed by atoms with Crippen molar-refractivity contribution in [1.29, 1.82) is 0 Å². The van der Waals surface area contributed by atoms with Crippen LogP contribution in [0.2, 0.25) is 0 Å². The van der Waals surface area contributed by atoms with E-state index in [9.17, 15) is 0 Å². The van der Waals surface area contributed by atoms with Gasteiger partial charge in [0.2, 0.25) is 0 Å². The van der Waals surface area contributed by atoms with Gasteiger partial charge in [0.1, 0.15) is 11.0 Å². The van der Waals surface area contributed by atoms with E-state index in [1.54, 1.807) is 11.0 Å². The molecule has 0 N–H and O–H groups in total. The van der Waals surface area contributed by atoms with E-state index >= 15 is 0 Å². The Bertz CT molecular complexity index is 2200. The Morgan fingerprint density at radius 2 is 1.20 bits per heavy atom. The molecule has 0 saturated heterocycles. The summed E-state index contributed by atoms with van der Waals surface area (Å²) in [7, 11) is 0. The summed E-state index contributed by atoms with van der Waals surface area (Å²) in [5, 5.41) is 14.6. The molecule has 0 fully saturated rings. The molecule has 0 unspecified atom stereocenters. The Balaban J connectivity index is 1.21. The highest BCUT2D eigenvalue weighted by Gasteiger charge is 2.14. The van der Waals surface area contributed by atoms with Gasteiger partial charge in [-0.05, 0) is 74.3 Å². The van der Waals surface area contributed by atoms with Gasteiger partial charge in [-0.15, -0.1) is 10.2 Å². The maximum absolute atomic E-state index is 4.95. The van der Waals surface area contributed by atoms with Crippen LogP contribution < -0.4 is 0 Å². The predicted molar refractivity (Wildman–Crippen MR) is 168 cm³/mol. The van der Waals surface area contributed by atoms with Crippen molar-refractivity contribution in [3.05, 3.63) is 146 Å². The average Bonchev–Trinajstić information content (AvgIpc) is 3.50. The van der Waals surface area contributed by atoms with Gasteiger partial charge in [-0.1, -0.05) is 103 Å². The first-order chi connectivity index (χ1) is 20.3. The van der Waals surface area contributed by atoms with Crippen LogP contribution in [0.25, 0.3) is 71.6 Å². The summed E-state index contributed by atoms with van der Waals surface area (Å²) < 4.78 is 0. The lowest BCUT2D eigenvalue weighted by atomic mass is 9.95.